The van der Waals surface area contributed by atoms with Gasteiger partial charge >= 0.3 is 0 Å². The Bertz CT molecular complexity index is 671. The maximum absolute atomic E-state index is 12.9. The van der Waals surface area contributed by atoms with Crippen LogP contribution in [0, 0.1) is 5.82 Å². The van der Waals surface area contributed by atoms with Crippen molar-refractivity contribution in [3.63, 3.8) is 0 Å². The van der Waals surface area contributed by atoms with E-state index in [2.05, 4.69) is 21.2 Å². The van der Waals surface area contributed by atoms with Gasteiger partial charge in [0.25, 0.3) is 5.91 Å². The Hall–Kier alpha value is -1.30. The predicted molar refractivity (Wildman–Crippen MR) is 80.2 cm³/mol. The van der Waals surface area contributed by atoms with E-state index in [1.54, 1.807) is 12.1 Å². The maximum Gasteiger partial charge on any atom is 0.259 e. The number of hydrogen-bond donors (Lipinski definition) is 2. The average Bonchev–Trinajstić information content (AvgIpc) is 2.33. The lowest BCUT2D eigenvalue weighted by molar-refractivity contribution is 0.102. The van der Waals surface area contributed by atoms with Gasteiger partial charge in [-0.15, -0.1) is 0 Å². The van der Waals surface area contributed by atoms with E-state index in [4.69, 9.17) is 23.2 Å². The summed E-state index contributed by atoms with van der Waals surface area (Å²) in [5.41, 5.74) is 0.131. The van der Waals surface area contributed by atoms with E-state index >= 15 is 0 Å². The van der Waals surface area contributed by atoms with Gasteiger partial charge in [0.1, 0.15) is 11.6 Å². The van der Waals surface area contributed by atoms with Crippen LogP contribution in [0.4, 0.5) is 10.1 Å². The van der Waals surface area contributed by atoms with Crippen molar-refractivity contribution < 1.29 is 14.3 Å². The number of amides is 1. The SMILES string of the molecule is O=C(Nc1c(Cl)cc(Br)cc1Cl)c1ccc(F)cc1O. The average molecular weight is 379 g/mol. The van der Waals surface area contributed by atoms with E-state index in [0.717, 1.165) is 12.1 Å². The van der Waals surface area contributed by atoms with Crippen LogP contribution in [-0.2, 0) is 0 Å². The van der Waals surface area contributed by atoms with E-state index < -0.39 is 17.5 Å². The first kappa shape index (κ1) is 15.1. The van der Waals surface area contributed by atoms with Gasteiger partial charge in [-0.25, -0.2) is 4.39 Å². The fraction of sp³-hybridized carbons (Fsp3) is 0. The van der Waals surface area contributed by atoms with E-state index in [0.29, 0.717) is 4.47 Å². The molecule has 0 radical (unpaired) electrons. The Labute approximate surface area is 132 Å². The summed E-state index contributed by atoms with van der Waals surface area (Å²) in [5.74, 6) is -1.75. The number of carbonyl (C=O) groups excluding carboxylic acids is 1. The minimum atomic E-state index is -0.645. The number of halogens is 4. The third kappa shape index (κ3) is 3.23. The van der Waals surface area contributed by atoms with Crippen molar-refractivity contribution in [2.75, 3.05) is 5.32 Å². The molecule has 0 atom stereocenters. The molecular weight excluding hydrogens is 372 g/mol. The Morgan fingerprint density at radius 1 is 1.20 bits per heavy atom. The lowest BCUT2D eigenvalue weighted by Crippen LogP contribution is -2.13. The van der Waals surface area contributed by atoms with Gasteiger partial charge in [-0.2, -0.15) is 0 Å². The Kier molecular flexibility index (Phi) is 4.52. The predicted octanol–water partition coefficient (Wildman–Crippen LogP) is 4.85. The molecule has 3 nitrogen and oxygen atoms in total. The van der Waals surface area contributed by atoms with E-state index in [-0.39, 0.29) is 21.3 Å². The smallest absolute Gasteiger partial charge is 0.259 e. The van der Waals surface area contributed by atoms with Crippen LogP contribution in [0.15, 0.2) is 34.8 Å². The number of rotatable bonds is 2. The highest BCUT2D eigenvalue weighted by Crippen LogP contribution is 2.34. The van der Waals surface area contributed by atoms with Crippen molar-refractivity contribution in [2.24, 2.45) is 0 Å². The second kappa shape index (κ2) is 5.99. The zero-order chi connectivity index (χ0) is 14.9. The first-order chi connectivity index (χ1) is 9.38. The summed E-state index contributed by atoms with van der Waals surface area (Å²) in [4.78, 5) is 12.0. The summed E-state index contributed by atoms with van der Waals surface area (Å²) in [6.45, 7) is 0. The van der Waals surface area contributed by atoms with E-state index in [1.165, 1.54) is 6.07 Å². The van der Waals surface area contributed by atoms with Crippen molar-refractivity contribution in [1.82, 2.24) is 0 Å². The van der Waals surface area contributed by atoms with Crippen molar-refractivity contribution >= 4 is 50.7 Å². The van der Waals surface area contributed by atoms with Crippen molar-refractivity contribution in [1.29, 1.82) is 0 Å². The van der Waals surface area contributed by atoms with Gasteiger partial charge in [0, 0.05) is 10.5 Å². The molecule has 2 rings (SSSR count). The third-order valence-corrected chi connectivity index (χ3v) is 3.50. The van der Waals surface area contributed by atoms with Crippen LogP contribution in [-0.4, -0.2) is 11.0 Å². The molecule has 0 saturated carbocycles. The van der Waals surface area contributed by atoms with Crippen LogP contribution in [0.3, 0.4) is 0 Å². The first-order valence-corrected chi connectivity index (χ1v) is 6.88. The van der Waals surface area contributed by atoms with Crippen LogP contribution >= 0.6 is 39.1 Å². The summed E-state index contributed by atoms with van der Waals surface area (Å²) in [7, 11) is 0. The highest BCUT2D eigenvalue weighted by molar-refractivity contribution is 9.10. The lowest BCUT2D eigenvalue weighted by Gasteiger charge is -2.10. The molecule has 0 heterocycles. The lowest BCUT2D eigenvalue weighted by atomic mass is 10.1. The van der Waals surface area contributed by atoms with Crippen LogP contribution in [0.1, 0.15) is 10.4 Å². The number of benzene rings is 2. The zero-order valence-electron chi connectivity index (χ0n) is 9.75. The number of phenolic OH excluding ortho intramolecular Hbond substituents is 1. The van der Waals surface area contributed by atoms with Crippen molar-refractivity contribution in [3.05, 3.63) is 56.2 Å². The first-order valence-electron chi connectivity index (χ1n) is 5.33. The van der Waals surface area contributed by atoms with Gasteiger partial charge in [-0.3, -0.25) is 4.79 Å². The molecule has 0 aliphatic heterocycles. The van der Waals surface area contributed by atoms with Crippen LogP contribution in [0.25, 0.3) is 0 Å². The molecule has 104 valence electrons. The fourth-order valence-corrected chi connectivity index (χ4v) is 2.84. The quantitative estimate of drug-likeness (QED) is 0.784. The number of aromatic hydroxyl groups is 1. The summed E-state index contributed by atoms with van der Waals surface area (Å²) in [6, 6.07) is 6.21. The molecule has 0 aliphatic carbocycles. The zero-order valence-corrected chi connectivity index (χ0v) is 12.9. The second-order valence-corrected chi connectivity index (χ2v) is 5.59. The van der Waals surface area contributed by atoms with Crippen molar-refractivity contribution in [3.8, 4) is 5.75 Å². The molecule has 20 heavy (non-hydrogen) atoms. The summed E-state index contributed by atoms with van der Waals surface area (Å²) < 4.78 is 13.5. The van der Waals surface area contributed by atoms with Gasteiger partial charge in [-0.05, 0) is 24.3 Å². The highest BCUT2D eigenvalue weighted by Gasteiger charge is 2.15. The van der Waals surface area contributed by atoms with Crippen molar-refractivity contribution in [2.45, 2.75) is 0 Å². The molecule has 1 amide bonds. The van der Waals surface area contributed by atoms with Gasteiger partial charge < -0.3 is 10.4 Å². The molecule has 2 aromatic rings. The Morgan fingerprint density at radius 3 is 2.35 bits per heavy atom. The van der Waals surface area contributed by atoms with Gasteiger partial charge in [0.15, 0.2) is 0 Å². The highest BCUT2D eigenvalue weighted by atomic mass is 79.9. The number of nitrogens with one attached hydrogen (secondary N) is 1. The van der Waals surface area contributed by atoms with Gasteiger partial charge in [-0.1, -0.05) is 39.1 Å². The molecule has 2 N–H and O–H groups in total. The van der Waals surface area contributed by atoms with E-state index in [1.807, 2.05) is 0 Å². The largest absolute Gasteiger partial charge is 0.507 e. The molecule has 0 saturated heterocycles. The molecule has 0 unspecified atom stereocenters. The van der Waals surface area contributed by atoms with E-state index in [9.17, 15) is 14.3 Å². The number of phenols is 1. The molecule has 0 aromatic heterocycles. The van der Waals surface area contributed by atoms with Crippen LogP contribution in [0.5, 0.6) is 5.75 Å². The normalized spacial score (nSPS) is 10.4. The summed E-state index contributed by atoms with van der Waals surface area (Å²) in [6.07, 6.45) is 0. The molecule has 7 heteroatoms. The fourth-order valence-electron chi connectivity index (χ4n) is 1.54. The number of hydrogen-bond acceptors (Lipinski definition) is 2. The molecule has 0 bridgehead atoms. The molecule has 0 aliphatic rings. The van der Waals surface area contributed by atoms with Gasteiger partial charge in [0.2, 0.25) is 0 Å². The molecule has 2 aromatic carbocycles. The molecule has 0 fully saturated rings. The number of carbonyl (C=O) groups is 1. The third-order valence-electron chi connectivity index (χ3n) is 2.45. The Balaban J connectivity index is 2.33. The topological polar surface area (TPSA) is 49.3 Å². The monoisotopic (exact) mass is 377 g/mol. The molecular formula is C13H7BrCl2FNO2. The number of anilines is 1. The standard InChI is InChI=1S/C13H7BrCl2FNO2/c14-6-3-9(15)12(10(16)4-6)18-13(20)8-2-1-7(17)5-11(8)19/h1-5,19H,(H,18,20). The molecule has 0 spiro atoms. The summed E-state index contributed by atoms with van der Waals surface area (Å²) >= 11 is 15.2. The maximum atomic E-state index is 12.9. The Morgan fingerprint density at radius 2 is 1.80 bits per heavy atom. The summed E-state index contributed by atoms with van der Waals surface area (Å²) in [5, 5.41) is 12.5. The second-order valence-electron chi connectivity index (χ2n) is 3.86. The minimum Gasteiger partial charge on any atom is -0.507 e. The van der Waals surface area contributed by atoms with Gasteiger partial charge in [0.05, 0.1) is 21.3 Å². The van der Waals surface area contributed by atoms with Crippen LogP contribution < -0.4 is 5.32 Å². The van der Waals surface area contributed by atoms with Crippen LogP contribution in [0.2, 0.25) is 10.0 Å². The minimum absolute atomic E-state index is 0.0820.